The first-order chi connectivity index (χ1) is 47.7. The molecule has 0 rings (SSSR count). The summed E-state index contributed by atoms with van der Waals surface area (Å²) in [6.45, 7) is 12.0. The van der Waals surface area contributed by atoms with Crippen molar-refractivity contribution in [3.8, 4) is 0 Å². The molecule has 0 saturated carbocycles. The minimum absolute atomic E-state index is 0.107. The Morgan fingerprint density at radius 2 is 0.465 bits per heavy atom. The summed E-state index contributed by atoms with van der Waals surface area (Å²) in [5.41, 5.74) is 0. The van der Waals surface area contributed by atoms with E-state index < -0.39 is 97.5 Å². The molecule has 0 aliphatic rings. The van der Waals surface area contributed by atoms with Gasteiger partial charge in [-0.25, -0.2) is 9.13 Å². The largest absolute Gasteiger partial charge is 0.472 e. The molecule has 99 heavy (non-hydrogen) atoms. The molecule has 0 radical (unpaired) electrons. The maximum atomic E-state index is 13.1. The van der Waals surface area contributed by atoms with Gasteiger partial charge in [-0.05, 0) is 43.4 Å². The normalized spacial score (nSPS) is 14.0. The van der Waals surface area contributed by atoms with Crippen LogP contribution in [0, 0.1) is 17.8 Å². The number of esters is 4. The molecular weight excluding hydrogens is 1290 g/mol. The summed E-state index contributed by atoms with van der Waals surface area (Å²) in [5, 5.41) is 10.6. The first-order valence-corrected chi connectivity index (χ1v) is 44.3. The highest BCUT2D eigenvalue weighted by Crippen LogP contribution is 2.45. The number of ether oxygens (including phenoxy) is 4. The van der Waals surface area contributed by atoms with Crippen molar-refractivity contribution in [1.29, 1.82) is 0 Å². The van der Waals surface area contributed by atoms with Gasteiger partial charge in [0.05, 0.1) is 26.4 Å². The van der Waals surface area contributed by atoms with Crippen LogP contribution in [0.5, 0.6) is 0 Å². The minimum atomic E-state index is -4.96. The standard InChI is InChI=1S/C80H156O17P2/c1-8-9-10-11-12-30-40-47-54-61-77(82)90-67-75(96-80(85)64-57-50-43-36-29-23-17-20-26-33-39-46-53-60-73(6)7)69-94-98(86,87)92-65-74(81)66-93-99(88,89)95-70-76(97-79(84)63-56-49-42-35-28-22-16-14-19-25-32-38-45-52-59-72(4)5)68-91-78(83)62-55-48-41-34-27-21-15-13-18-24-31-37-44-51-58-71(2)3/h71-76,81H,8-70H2,1-7H3,(H,86,87)(H,88,89)/t74-,75+,76+/m0/s1. The number of phosphoric ester groups is 2. The Bertz CT molecular complexity index is 1920. The van der Waals surface area contributed by atoms with Gasteiger partial charge in [0, 0.05) is 25.7 Å². The SMILES string of the molecule is CCCCCCCCCCCC(=O)OC[C@H](COP(=O)(O)OC[C@H](O)COP(=O)(O)OC[C@@H](COC(=O)CCCCCCCCCCCCCCCCC(C)C)OC(=O)CCCCCCCCCCCCCCCCC(C)C)OC(=O)CCCCCCCCCCCCCCCC(C)C. The lowest BCUT2D eigenvalue weighted by molar-refractivity contribution is -0.161. The quantitative estimate of drug-likeness (QED) is 0.0222. The third-order valence-corrected chi connectivity index (χ3v) is 20.5. The number of carbonyl (C=O) groups is 4. The fourth-order valence-electron chi connectivity index (χ4n) is 12.3. The predicted molar refractivity (Wildman–Crippen MR) is 405 cm³/mol. The summed E-state index contributed by atoms with van der Waals surface area (Å²) in [5.74, 6) is 0.269. The van der Waals surface area contributed by atoms with Crippen LogP contribution in [0.1, 0.15) is 414 Å². The van der Waals surface area contributed by atoms with Crippen molar-refractivity contribution >= 4 is 39.5 Å². The molecule has 0 bridgehead atoms. The summed E-state index contributed by atoms with van der Waals surface area (Å²) in [4.78, 5) is 73.0. The van der Waals surface area contributed by atoms with E-state index >= 15 is 0 Å². The lowest BCUT2D eigenvalue weighted by atomic mass is 10.0. The second kappa shape index (κ2) is 70.4. The van der Waals surface area contributed by atoms with Gasteiger partial charge >= 0.3 is 39.5 Å². The van der Waals surface area contributed by atoms with E-state index in [4.69, 9.17) is 37.0 Å². The van der Waals surface area contributed by atoms with Crippen LogP contribution < -0.4 is 0 Å². The van der Waals surface area contributed by atoms with Crippen LogP contribution in [0.25, 0.3) is 0 Å². The number of hydrogen-bond acceptors (Lipinski definition) is 15. The molecule has 3 N–H and O–H groups in total. The molecule has 588 valence electrons. The zero-order valence-electron chi connectivity index (χ0n) is 65.0. The van der Waals surface area contributed by atoms with E-state index in [9.17, 15) is 43.2 Å². The van der Waals surface area contributed by atoms with Gasteiger partial charge in [-0.2, -0.15) is 0 Å². The van der Waals surface area contributed by atoms with Crippen molar-refractivity contribution in [2.24, 2.45) is 17.8 Å². The number of rotatable bonds is 78. The smallest absolute Gasteiger partial charge is 0.462 e. The van der Waals surface area contributed by atoms with Gasteiger partial charge in [0.25, 0.3) is 0 Å². The van der Waals surface area contributed by atoms with Gasteiger partial charge < -0.3 is 33.8 Å². The third-order valence-electron chi connectivity index (χ3n) is 18.6. The fourth-order valence-corrected chi connectivity index (χ4v) is 13.9. The Balaban J connectivity index is 5.23. The van der Waals surface area contributed by atoms with Crippen molar-refractivity contribution < 1.29 is 80.2 Å². The highest BCUT2D eigenvalue weighted by atomic mass is 31.2. The number of unbranched alkanes of at least 4 members (excludes halogenated alkanes) is 46. The van der Waals surface area contributed by atoms with Crippen molar-refractivity contribution in [2.75, 3.05) is 39.6 Å². The second-order valence-electron chi connectivity index (χ2n) is 30.2. The minimum Gasteiger partial charge on any atom is -0.462 e. The van der Waals surface area contributed by atoms with E-state index in [1.165, 1.54) is 225 Å². The maximum Gasteiger partial charge on any atom is 0.472 e. The average molecular weight is 1450 g/mol. The summed E-state index contributed by atoms with van der Waals surface area (Å²) >= 11 is 0. The lowest BCUT2D eigenvalue weighted by Crippen LogP contribution is -2.30. The second-order valence-corrected chi connectivity index (χ2v) is 33.1. The van der Waals surface area contributed by atoms with Crippen LogP contribution in [0.3, 0.4) is 0 Å². The van der Waals surface area contributed by atoms with Crippen LogP contribution in [0.4, 0.5) is 0 Å². The van der Waals surface area contributed by atoms with Gasteiger partial charge in [-0.15, -0.1) is 0 Å². The van der Waals surface area contributed by atoms with E-state index in [-0.39, 0.29) is 25.7 Å². The molecule has 0 saturated heterocycles. The molecule has 0 aliphatic carbocycles. The Morgan fingerprint density at radius 1 is 0.273 bits per heavy atom. The molecule has 0 aliphatic heterocycles. The summed E-state index contributed by atoms with van der Waals surface area (Å²) < 4.78 is 68.7. The van der Waals surface area contributed by atoms with Crippen molar-refractivity contribution in [3.63, 3.8) is 0 Å². The van der Waals surface area contributed by atoms with Crippen molar-refractivity contribution in [2.45, 2.75) is 433 Å². The average Bonchev–Trinajstić information content (AvgIpc) is 2.60. The molecule has 0 aromatic rings. The van der Waals surface area contributed by atoms with E-state index in [1.807, 2.05) is 0 Å². The fraction of sp³-hybridized carbons (Fsp3) is 0.950. The van der Waals surface area contributed by atoms with Gasteiger partial charge in [0.2, 0.25) is 0 Å². The number of phosphoric acid groups is 2. The number of hydrogen-bond donors (Lipinski definition) is 3. The van der Waals surface area contributed by atoms with Crippen molar-refractivity contribution in [1.82, 2.24) is 0 Å². The molecular formula is C80H156O17P2. The number of carbonyl (C=O) groups excluding carboxylic acids is 4. The van der Waals surface area contributed by atoms with Crippen LogP contribution >= 0.6 is 15.6 Å². The third kappa shape index (κ3) is 74.1. The molecule has 0 amide bonds. The molecule has 2 unspecified atom stereocenters. The van der Waals surface area contributed by atoms with E-state index in [0.717, 1.165) is 108 Å². The molecule has 0 aromatic heterocycles. The monoisotopic (exact) mass is 1450 g/mol. The van der Waals surface area contributed by atoms with E-state index in [0.29, 0.717) is 25.7 Å². The topological polar surface area (TPSA) is 237 Å². The zero-order chi connectivity index (χ0) is 73.0. The van der Waals surface area contributed by atoms with Crippen LogP contribution in [0.15, 0.2) is 0 Å². The van der Waals surface area contributed by atoms with Gasteiger partial charge in [0.15, 0.2) is 12.2 Å². The van der Waals surface area contributed by atoms with Crippen molar-refractivity contribution in [3.05, 3.63) is 0 Å². The highest BCUT2D eigenvalue weighted by molar-refractivity contribution is 7.47. The molecule has 0 heterocycles. The number of aliphatic hydroxyl groups excluding tert-OH is 1. The Kier molecular flexibility index (Phi) is 69.0. The summed E-state index contributed by atoms with van der Waals surface area (Å²) in [6, 6.07) is 0. The van der Waals surface area contributed by atoms with Gasteiger partial charge in [0.1, 0.15) is 19.3 Å². The predicted octanol–water partition coefficient (Wildman–Crippen LogP) is 23.7. The van der Waals surface area contributed by atoms with Gasteiger partial charge in [-0.1, -0.05) is 363 Å². The van der Waals surface area contributed by atoms with Crippen LogP contribution in [0.2, 0.25) is 0 Å². The Labute approximate surface area is 607 Å². The molecule has 19 heteroatoms. The van der Waals surface area contributed by atoms with Crippen LogP contribution in [-0.4, -0.2) is 96.7 Å². The Hall–Kier alpha value is -1.94. The molecule has 0 fully saturated rings. The lowest BCUT2D eigenvalue weighted by Gasteiger charge is -2.21. The molecule has 0 aromatic carbocycles. The molecule has 5 atom stereocenters. The first-order valence-electron chi connectivity index (χ1n) is 41.3. The Morgan fingerprint density at radius 3 is 0.687 bits per heavy atom. The number of aliphatic hydroxyl groups is 1. The van der Waals surface area contributed by atoms with Crippen LogP contribution in [-0.2, 0) is 65.4 Å². The highest BCUT2D eigenvalue weighted by Gasteiger charge is 2.30. The van der Waals surface area contributed by atoms with E-state index in [1.54, 1.807) is 0 Å². The van der Waals surface area contributed by atoms with Gasteiger partial charge in [-0.3, -0.25) is 37.3 Å². The molecule has 17 nitrogen and oxygen atoms in total. The zero-order valence-corrected chi connectivity index (χ0v) is 66.8. The summed E-state index contributed by atoms with van der Waals surface area (Å²) in [7, 11) is -9.92. The summed E-state index contributed by atoms with van der Waals surface area (Å²) in [6.07, 6.45) is 58.2. The molecule has 0 spiro atoms. The maximum absolute atomic E-state index is 13.1. The van der Waals surface area contributed by atoms with E-state index in [2.05, 4.69) is 48.5 Å². The first kappa shape index (κ1) is 97.1.